The zero-order valence-corrected chi connectivity index (χ0v) is 10.0. The second kappa shape index (κ2) is 4.03. The second-order valence-corrected chi connectivity index (χ2v) is 4.43. The van der Waals surface area contributed by atoms with Crippen molar-refractivity contribution in [2.24, 2.45) is 0 Å². The van der Waals surface area contributed by atoms with Crippen LogP contribution in [0.25, 0.3) is 11.5 Å². The fraction of sp³-hybridized carbons (Fsp3) is 0.400. The van der Waals surface area contributed by atoms with E-state index in [1.165, 1.54) is 0 Å². The minimum atomic E-state index is 0.225. The third-order valence-corrected chi connectivity index (χ3v) is 3.28. The molecule has 6 heteroatoms. The van der Waals surface area contributed by atoms with Gasteiger partial charge in [0.2, 0.25) is 0 Å². The van der Waals surface area contributed by atoms with E-state index in [-0.39, 0.29) is 6.04 Å². The minimum absolute atomic E-state index is 0.225. The van der Waals surface area contributed by atoms with Gasteiger partial charge in [0, 0.05) is 0 Å². The van der Waals surface area contributed by atoms with Gasteiger partial charge in [0.05, 0.1) is 17.9 Å². The van der Waals surface area contributed by atoms with Crippen molar-refractivity contribution < 1.29 is 8.94 Å². The van der Waals surface area contributed by atoms with Gasteiger partial charge in [-0.1, -0.05) is 5.16 Å². The molecule has 84 valence electrons. The molecule has 1 unspecified atom stereocenters. The van der Waals surface area contributed by atoms with Crippen molar-refractivity contribution in [3.63, 3.8) is 0 Å². The molecule has 5 nitrogen and oxygen atoms in total. The highest BCUT2D eigenvalue weighted by Gasteiger charge is 2.23. The van der Waals surface area contributed by atoms with Gasteiger partial charge in [0.25, 0.3) is 5.89 Å². The molecule has 0 amide bonds. The Labute approximate surface area is 100 Å². The smallest absolute Gasteiger partial charge is 0.262 e. The van der Waals surface area contributed by atoms with Crippen LogP contribution in [-0.4, -0.2) is 16.7 Å². The first-order chi connectivity index (χ1) is 7.84. The molecule has 2 aromatic rings. The quantitative estimate of drug-likeness (QED) is 0.918. The van der Waals surface area contributed by atoms with E-state index in [2.05, 4.69) is 31.4 Å². The molecule has 1 aliphatic rings. The highest BCUT2D eigenvalue weighted by molar-refractivity contribution is 9.10. The van der Waals surface area contributed by atoms with Gasteiger partial charge in [0.1, 0.15) is 0 Å². The maximum absolute atomic E-state index is 5.21. The average Bonchev–Trinajstić information content (AvgIpc) is 2.96. The Balaban J connectivity index is 1.90. The molecule has 1 fully saturated rings. The summed E-state index contributed by atoms with van der Waals surface area (Å²) in [7, 11) is 0. The van der Waals surface area contributed by atoms with E-state index >= 15 is 0 Å². The molecule has 0 saturated carbocycles. The summed E-state index contributed by atoms with van der Waals surface area (Å²) in [5.41, 5.74) is 0.789. The van der Waals surface area contributed by atoms with Crippen LogP contribution in [0.5, 0.6) is 0 Å². The van der Waals surface area contributed by atoms with E-state index in [0.717, 1.165) is 30.8 Å². The van der Waals surface area contributed by atoms with Crippen molar-refractivity contribution in [1.82, 2.24) is 15.5 Å². The molecule has 1 aliphatic heterocycles. The Morgan fingerprint density at radius 2 is 2.44 bits per heavy atom. The monoisotopic (exact) mass is 283 g/mol. The summed E-state index contributed by atoms with van der Waals surface area (Å²) in [6, 6.07) is 2.02. The molecule has 0 spiro atoms. The summed E-state index contributed by atoms with van der Waals surface area (Å²) in [5.74, 6) is 1.21. The van der Waals surface area contributed by atoms with E-state index in [1.807, 2.05) is 0 Å². The van der Waals surface area contributed by atoms with Crippen LogP contribution >= 0.6 is 15.9 Å². The number of furan rings is 1. The van der Waals surface area contributed by atoms with Gasteiger partial charge in [-0.15, -0.1) is 0 Å². The van der Waals surface area contributed by atoms with E-state index in [9.17, 15) is 0 Å². The molecule has 0 bridgehead atoms. The van der Waals surface area contributed by atoms with Crippen LogP contribution in [0.2, 0.25) is 0 Å². The predicted octanol–water partition coefficient (Wildman–Crippen LogP) is 2.52. The zero-order valence-electron chi connectivity index (χ0n) is 8.44. The molecule has 0 aliphatic carbocycles. The molecule has 1 saturated heterocycles. The number of nitrogens with zero attached hydrogens (tertiary/aromatic N) is 2. The number of halogens is 1. The van der Waals surface area contributed by atoms with Gasteiger partial charge in [-0.25, -0.2) is 0 Å². The molecule has 2 aromatic heterocycles. The lowest BCUT2D eigenvalue weighted by Gasteiger charge is -2.01. The molecule has 0 aromatic carbocycles. The zero-order chi connectivity index (χ0) is 11.0. The van der Waals surface area contributed by atoms with Crippen LogP contribution in [0.4, 0.5) is 0 Å². The van der Waals surface area contributed by atoms with E-state index in [4.69, 9.17) is 8.94 Å². The molecule has 1 N–H and O–H groups in total. The average molecular weight is 284 g/mol. The largest absolute Gasteiger partial charge is 0.457 e. The van der Waals surface area contributed by atoms with Crippen LogP contribution in [0, 0.1) is 0 Å². The minimum Gasteiger partial charge on any atom is -0.457 e. The number of hydrogen-bond acceptors (Lipinski definition) is 5. The van der Waals surface area contributed by atoms with Crippen LogP contribution < -0.4 is 5.32 Å². The van der Waals surface area contributed by atoms with E-state index < -0.39 is 0 Å². The van der Waals surface area contributed by atoms with E-state index in [1.54, 1.807) is 12.3 Å². The SMILES string of the molecule is Brc1occc1-c1nc(C2CCCN2)no1. The van der Waals surface area contributed by atoms with Gasteiger partial charge in [-0.2, -0.15) is 4.98 Å². The maximum atomic E-state index is 5.21. The normalized spacial score (nSPS) is 20.4. The van der Waals surface area contributed by atoms with E-state index in [0.29, 0.717) is 10.6 Å². The van der Waals surface area contributed by atoms with Gasteiger partial charge in [-0.05, 0) is 41.4 Å². The maximum Gasteiger partial charge on any atom is 0.262 e. The Morgan fingerprint density at radius 1 is 1.50 bits per heavy atom. The lowest BCUT2D eigenvalue weighted by Crippen LogP contribution is -2.14. The van der Waals surface area contributed by atoms with Crippen LogP contribution in [0.3, 0.4) is 0 Å². The molecule has 1 atom stereocenters. The van der Waals surface area contributed by atoms with Crippen molar-refractivity contribution in [3.05, 3.63) is 22.8 Å². The molecular weight excluding hydrogens is 274 g/mol. The summed E-state index contributed by atoms with van der Waals surface area (Å²) in [6.45, 7) is 1.02. The number of aromatic nitrogens is 2. The topological polar surface area (TPSA) is 64.1 Å². The summed E-state index contributed by atoms with van der Waals surface area (Å²) >= 11 is 3.29. The van der Waals surface area contributed by atoms with Gasteiger partial charge in [0.15, 0.2) is 10.5 Å². The van der Waals surface area contributed by atoms with Crippen LogP contribution in [0.15, 0.2) is 25.9 Å². The summed E-state index contributed by atoms with van der Waals surface area (Å²) in [4.78, 5) is 4.37. The lowest BCUT2D eigenvalue weighted by molar-refractivity contribution is 0.411. The third kappa shape index (κ3) is 1.68. The highest BCUT2D eigenvalue weighted by Crippen LogP contribution is 2.29. The Kier molecular flexibility index (Phi) is 2.53. The Bertz CT molecular complexity index is 488. The fourth-order valence-corrected chi connectivity index (χ4v) is 2.25. The van der Waals surface area contributed by atoms with Gasteiger partial charge in [-0.3, -0.25) is 0 Å². The first kappa shape index (κ1) is 10.0. The molecule has 3 heterocycles. The first-order valence-corrected chi connectivity index (χ1v) is 5.94. The van der Waals surface area contributed by atoms with Crippen molar-refractivity contribution in [2.75, 3.05) is 6.54 Å². The Hall–Kier alpha value is -1.14. The standard InChI is InChI=1S/C10H10BrN3O2/c11-8-6(3-5-15-8)10-13-9(14-16-10)7-2-1-4-12-7/h3,5,7,12H,1-2,4H2. The summed E-state index contributed by atoms with van der Waals surface area (Å²) in [5, 5.41) is 7.31. The molecular formula is C10H10BrN3O2. The molecule has 0 radical (unpaired) electrons. The number of nitrogens with one attached hydrogen (secondary N) is 1. The first-order valence-electron chi connectivity index (χ1n) is 5.15. The fourth-order valence-electron chi connectivity index (χ4n) is 1.84. The van der Waals surface area contributed by atoms with Crippen molar-refractivity contribution in [2.45, 2.75) is 18.9 Å². The summed E-state index contributed by atoms with van der Waals surface area (Å²) < 4.78 is 11.0. The Morgan fingerprint density at radius 3 is 3.12 bits per heavy atom. The number of hydrogen-bond donors (Lipinski definition) is 1. The predicted molar refractivity (Wildman–Crippen MR) is 59.7 cm³/mol. The van der Waals surface area contributed by atoms with Gasteiger partial charge >= 0.3 is 0 Å². The van der Waals surface area contributed by atoms with Crippen LogP contribution in [0.1, 0.15) is 24.7 Å². The lowest BCUT2D eigenvalue weighted by atomic mass is 10.2. The molecule has 16 heavy (non-hydrogen) atoms. The van der Waals surface area contributed by atoms with Crippen molar-refractivity contribution >= 4 is 15.9 Å². The highest BCUT2D eigenvalue weighted by atomic mass is 79.9. The summed E-state index contributed by atoms with van der Waals surface area (Å²) in [6.07, 6.45) is 3.80. The van der Waals surface area contributed by atoms with Gasteiger partial charge < -0.3 is 14.3 Å². The molecule has 3 rings (SSSR count). The third-order valence-electron chi connectivity index (χ3n) is 2.66. The van der Waals surface area contributed by atoms with Crippen LogP contribution in [-0.2, 0) is 0 Å². The van der Waals surface area contributed by atoms with Crippen molar-refractivity contribution in [1.29, 1.82) is 0 Å². The van der Waals surface area contributed by atoms with Crippen molar-refractivity contribution in [3.8, 4) is 11.5 Å². The second-order valence-electron chi connectivity index (χ2n) is 3.71. The number of rotatable bonds is 2.